The van der Waals surface area contributed by atoms with Crippen molar-refractivity contribution in [2.45, 2.75) is 57.3 Å². The zero-order valence-electron chi connectivity index (χ0n) is 19.3. The smallest absolute Gasteiger partial charge is 0.234 e. The van der Waals surface area contributed by atoms with Gasteiger partial charge in [0.15, 0.2) is 5.11 Å². The average molecular weight is 454 g/mol. The maximum absolute atomic E-state index is 5.64. The Morgan fingerprint density at radius 2 is 1.84 bits per heavy atom. The Balaban J connectivity index is 1.43. The van der Waals surface area contributed by atoms with E-state index in [9.17, 15) is 0 Å². The van der Waals surface area contributed by atoms with E-state index >= 15 is 0 Å². The van der Waals surface area contributed by atoms with Gasteiger partial charge in [-0.2, -0.15) is 9.97 Å². The lowest BCUT2D eigenvalue weighted by atomic mass is 9.69. The van der Waals surface area contributed by atoms with Crippen LogP contribution in [-0.2, 0) is 5.41 Å². The van der Waals surface area contributed by atoms with E-state index < -0.39 is 0 Å². The lowest BCUT2D eigenvalue weighted by molar-refractivity contribution is 0.292. The van der Waals surface area contributed by atoms with Crippen molar-refractivity contribution in [1.82, 2.24) is 15.3 Å². The summed E-state index contributed by atoms with van der Waals surface area (Å²) in [5.41, 5.74) is 1.52. The molecule has 1 aromatic heterocycles. The first-order valence-corrected chi connectivity index (χ1v) is 12.3. The topological polar surface area (TPSA) is 62.3 Å². The van der Waals surface area contributed by atoms with E-state index in [1.807, 2.05) is 6.07 Å². The molecule has 6 nitrogen and oxygen atoms in total. The fourth-order valence-electron chi connectivity index (χ4n) is 4.96. The molecule has 2 aliphatic rings. The summed E-state index contributed by atoms with van der Waals surface area (Å²) in [7, 11) is 1.64. The van der Waals surface area contributed by atoms with Crippen LogP contribution in [0.2, 0.25) is 0 Å². The molecule has 7 heteroatoms. The maximum Gasteiger partial charge on any atom is 0.234 e. The molecular weight excluding hydrogens is 418 g/mol. The van der Waals surface area contributed by atoms with Crippen LogP contribution in [-0.4, -0.2) is 41.8 Å². The van der Waals surface area contributed by atoms with E-state index in [2.05, 4.69) is 57.8 Å². The third-order valence-corrected chi connectivity index (χ3v) is 7.26. The van der Waals surface area contributed by atoms with E-state index in [0.717, 1.165) is 31.4 Å². The van der Waals surface area contributed by atoms with E-state index in [1.54, 1.807) is 7.11 Å². The normalized spacial score (nSPS) is 18.8. The van der Waals surface area contributed by atoms with Gasteiger partial charge in [0.05, 0.1) is 7.11 Å². The van der Waals surface area contributed by atoms with Gasteiger partial charge in [-0.15, -0.1) is 0 Å². The summed E-state index contributed by atoms with van der Waals surface area (Å²) in [6, 6.07) is 12.8. The molecule has 4 rings (SSSR count). The van der Waals surface area contributed by atoms with Gasteiger partial charge in [-0.25, -0.2) is 0 Å². The first-order valence-electron chi connectivity index (χ1n) is 11.9. The summed E-state index contributed by atoms with van der Waals surface area (Å²) < 4.78 is 5.44. The van der Waals surface area contributed by atoms with Crippen molar-refractivity contribution in [3.63, 3.8) is 0 Å². The van der Waals surface area contributed by atoms with E-state index in [0.29, 0.717) is 16.9 Å². The Kier molecular flexibility index (Phi) is 7.45. The van der Waals surface area contributed by atoms with Gasteiger partial charge in [0.2, 0.25) is 11.8 Å². The van der Waals surface area contributed by atoms with Gasteiger partial charge in [0.1, 0.15) is 5.82 Å². The molecule has 0 atom stereocenters. The van der Waals surface area contributed by atoms with Gasteiger partial charge in [0.25, 0.3) is 0 Å². The number of rotatable bonds is 6. The van der Waals surface area contributed by atoms with Crippen molar-refractivity contribution in [2.75, 3.05) is 37.0 Å². The Hall–Kier alpha value is -2.41. The third-order valence-electron chi connectivity index (χ3n) is 7.02. The standard InChI is InChI=1S/C25H35N5OS/c1-19-11-15-30(16-12-19)21-17-22(31-2)28-23(27-21)29-24(32)26-18-25(13-7-4-8-14-25)20-9-5-3-6-10-20/h3,5-6,9-10,17,19H,4,7-8,11-16,18H2,1-2H3,(H2,26,27,28,29,32). The second-order valence-corrected chi connectivity index (χ2v) is 9.68. The minimum Gasteiger partial charge on any atom is -0.481 e. The largest absolute Gasteiger partial charge is 0.481 e. The second kappa shape index (κ2) is 10.5. The van der Waals surface area contributed by atoms with Crippen LogP contribution in [0.15, 0.2) is 36.4 Å². The van der Waals surface area contributed by atoms with E-state index in [4.69, 9.17) is 21.9 Å². The van der Waals surface area contributed by atoms with Crippen molar-refractivity contribution in [3.05, 3.63) is 42.0 Å². The number of ether oxygens (including phenoxy) is 1. The number of hydrogen-bond donors (Lipinski definition) is 2. The Morgan fingerprint density at radius 3 is 2.53 bits per heavy atom. The Bertz CT molecular complexity index is 892. The van der Waals surface area contributed by atoms with Crippen molar-refractivity contribution >= 4 is 29.1 Å². The first kappa shape index (κ1) is 22.8. The quantitative estimate of drug-likeness (QED) is 0.603. The molecule has 1 saturated heterocycles. The summed E-state index contributed by atoms with van der Waals surface area (Å²) in [5.74, 6) is 2.68. The highest BCUT2D eigenvalue weighted by Gasteiger charge is 2.33. The number of hydrogen-bond acceptors (Lipinski definition) is 5. The molecule has 1 aliphatic heterocycles. The number of nitrogens with one attached hydrogen (secondary N) is 2. The summed E-state index contributed by atoms with van der Waals surface area (Å²) in [6.07, 6.45) is 8.54. The van der Waals surface area contributed by atoms with Crippen LogP contribution in [0.3, 0.4) is 0 Å². The molecule has 1 aliphatic carbocycles. The minimum atomic E-state index is 0.121. The molecule has 2 fully saturated rings. The highest BCUT2D eigenvalue weighted by molar-refractivity contribution is 7.80. The second-order valence-electron chi connectivity index (χ2n) is 9.28. The first-order chi connectivity index (χ1) is 15.6. The van der Waals surface area contributed by atoms with Crippen LogP contribution in [0.25, 0.3) is 0 Å². The lowest BCUT2D eigenvalue weighted by Crippen LogP contribution is -2.43. The summed E-state index contributed by atoms with van der Waals surface area (Å²) in [4.78, 5) is 11.5. The van der Waals surface area contributed by atoms with Crippen molar-refractivity contribution < 1.29 is 4.74 Å². The number of nitrogens with zero attached hydrogens (tertiary/aromatic N) is 3. The predicted molar refractivity (Wildman–Crippen MR) is 135 cm³/mol. The van der Waals surface area contributed by atoms with E-state index in [1.165, 1.54) is 50.5 Å². The molecule has 1 aromatic carbocycles. The minimum absolute atomic E-state index is 0.121. The highest BCUT2D eigenvalue weighted by Crippen LogP contribution is 2.39. The fourth-order valence-corrected chi connectivity index (χ4v) is 5.12. The molecule has 2 heterocycles. The number of piperidine rings is 1. The number of benzene rings is 1. The summed E-state index contributed by atoms with van der Waals surface area (Å²) in [6.45, 7) is 5.12. The number of thiocarbonyl (C=S) groups is 1. The van der Waals surface area contributed by atoms with Crippen molar-refractivity contribution in [2.24, 2.45) is 5.92 Å². The van der Waals surface area contributed by atoms with Gasteiger partial charge in [-0.1, -0.05) is 56.5 Å². The summed E-state index contributed by atoms with van der Waals surface area (Å²) in [5, 5.41) is 7.23. The predicted octanol–water partition coefficient (Wildman–Crippen LogP) is 4.91. The number of methoxy groups -OCH3 is 1. The van der Waals surface area contributed by atoms with Gasteiger partial charge < -0.3 is 20.3 Å². The molecule has 0 radical (unpaired) electrons. The SMILES string of the molecule is COc1cc(N2CCC(C)CC2)nc(NC(=S)NCC2(c3ccccc3)CCCCC2)n1. The zero-order valence-corrected chi connectivity index (χ0v) is 20.1. The average Bonchev–Trinajstić information content (AvgIpc) is 2.84. The molecule has 0 amide bonds. The van der Waals surface area contributed by atoms with Gasteiger partial charge in [-0.3, -0.25) is 0 Å². The van der Waals surface area contributed by atoms with Crippen LogP contribution in [0.4, 0.5) is 11.8 Å². The molecule has 1 saturated carbocycles. The third kappa shape index (κ3) is 5.49. The van der Waals surface area contributed by atoms with Gasteiger partial charge in [-0.05, 0) is 49.4 Å². The molecule has 172 valence electrons. The monoisotopic (exact) mass is 453 g/mol. The van der Waals surface area contributed by atoms with Crippen LogP contribution >= 0.6 is 12.2 Å². The Morgan fingerprint density at radius 1 is 1.12 bits per heavy atom. The van der Waals surface area contributed by atoms with Gasteiger partial charge in [0, 0.05) is 31.1 Å². The zero-order chi connectivity index (χ0) is 22.4. The maximum atomic E-state index is 5.64. The molecule has 0 spiro atoms. The van der Waals surface area contributed by atoms with Crippen LogP contribution in [0.1, 0.15) is 57.4 Å². The van der Waals surface area contributed by atoms with E-state index in [-0.39, 0.29) is 5.41 Å². The molecule has 0 bridgehead atoms. The van der Waals surface area contributed by atoms with Gasteiger partial charge >= 0.3 is 0 Å². The van der Waals surface area contributed by atoms with Crippen LogP contribution in [0, 0.1) is 5.92 Å². The summed E-state index contributed by atoms with van der Waals surface area (Å²) >= 11 is 5.64. The van der Waals surface area contributed by atoms with Crippen molar-refractivity contribution in [1.29, 1.82) is 0 Å². The Labute approximate surface area is 197 Å². The fraction of sp³-hybridized carbons (Fsp3) is 0.560. The van der Waals surface area contributed by atoms with Crippen LogP contribution < -0.4 is 20.3 Å². The molecule has 2 aromatic rings. The number of anilines is 2. The molecule has 0 unspecified atom stereocenters. The van der Waals surface area contributed by atoms with Crippen molar-refractivity contribution in [3.8, 4) is 5.88 Å². The highest BCUT2D eigenvalue weighted by atomic mass is 32.1. The lowest BCUT2D eigenvalue weighted by Gasteiger charge is -2.38. The molecule has 32 heavy (non-hydrogen) atoms. The van der Waals surface area contributed by atoms with Crippen LogP contribution in [0.5, 0.6) is 5.88 Å². The molecule has 2 N–H and O–H groups in total. The number of aromatic nitrogens is 2. The molecular formula is C25H35N5OS.